The molecule has 104 valence electrons. The van der Waals surface area contributed by atoms with Crippen molar-refractivity contribution in [2.24, 2.45) is 5.73 Å². The van der Waals surface area contributed by atoms with E-state index in [0.717, 1.165) is 18.7 Å². The van der Waals surface area contributed by atoms with Crippen LogP contribution in [0, 0.1) is 5.41 Å². The molecule has 0 fully saturated rings. The number of likely N-dealkylation sites (N-methyl/N-ethyl adjacent to an activating group) is 1. The van der Waals surface area contributed by atoms with Gasteiger partial charge in [0.25, 0.3) is 0 Å². The molecule has 5 heteroatoms. The summed E-state index contributed by atoms with van der Waals surface area (Å²) in [6.07, 6.45) is 4.47. The molecule has 0 atom stereocenters. The van der Waals surface area contributed by atoms with Crippen LogP contribution in [0.1, 0.15) is 11.1 Å². The van der Waals surface area contributed by atoms with Gasteiger partial charge in [0.15, 0.2) is 0 Å². The van der Waals surface area contributed by atoms with E-state index in [-0.39, 0.29) is 5.84 Å². The maximum absolute atomic E-state index is 7.64. The van der Waals surface area contributed by atoms with E-state index >= 15 is 0 Å². The van der Waals surface area contributed by atoms with Gasteiger partial charge in [0.1, 0.15) is 5.84 Å². The Morgan fingerprint density at radius 3 is 2.65 bits per heavy atom. The average molecular weight is 289 g/mol. The van der Waals surface area contributed by atoms with Gasteiger partial charge in [-0.2, -0.15) is 0 Å². The highest BCUT2D eigenvalue weighted by Gasteiger charge is 2.10. The average Bonchev–Trinajstić information content (AvgIpc) is 2.45. The first-order chi connectivity index (χ1) is 9.58. The van der Waals surface area contributed by atoms with Crippen LogP contribution in [0.2, 0.25) is 5.02 Å². The minimum absolute atomic E-state index is 0.0485. The Hall–Kier alpha value is -2.07. The van der Waals surface area contributed by atoms with E-state index in [9.17, 15) is 0 Å². The number of nitrogens with zero attached hydrogens (tertiary/aromatic N) is 2. The Morgan fingerprint density at radius 2 is 2.00 bits per heavy atom. The second kappa shape index (κ2) is 6.39. The molecule has 1 heterocycles. The summed E-state index contributed by atoms with van der Waals surface area (Å²) in [5.74, 6) is 0.0485. The van der Waals surface area contributed by atoms with Crippen LogP contribution in [-0.4, -0.2) is 24.4 Å². The highest BCUT2D eigenvalue weighted by atomic mass is 35.5. The van der Waals surface area contributed by atoms with Gasteiger partial charge in [0.05, 0.1) is 0 Å². The van der Waals surface area contributed by atoms with Gasteiger partial charge in [0.2, 0.25) is 0 Å². The zero-order chi connectivity index (χ0) is 14.5. The summed E-state index contributed by atoms with van der Waals surface area (Å²) in [4.78, 5) is 6.06. The summed E-state index contributed by atoms with van der Waals surface area (Å²) >= 11 is 6.04. The fraction of sp³-hybridized carbons (Fsp3) is 0.200. The van der Waals surface area contributed by atoms with Crippen molar-refractivity contribution in [1.29, 1.82) is 5.41 Å². The van der Waals surface area contributed by atoms with E-state index in [1.54, 1.807) is 24.5 Å². The largest absolute Gasteiger partial charge is 0.384 e. The predicted octanol–water partition coefficient (Wildman–Crippen LogP) is 2.70. The number of aromatic nitrogens is 1. The second-order valence-corrected chi connectivity index (χ2v) is 5.04. The number of nitrogens with two attached hydrogens (primary N) is 1. The van der Waals surface area contributed by atoms with Crippen molar-refractivity contribution in [1.82, 2.24) is 4.98 Å². The fourth-order valence-electron chi connectivity index (χ4n) is 2.02. The molecule has 0 unspecified atom stereocenters. The number of hydrogen-bond acceptors (Lipinski definition) is 3. The van der Waals surface area contributed by atoms with E-state index in [0.29, 0.717) is 10.6 Å². The molecule has 0 bridgehead atoms. The van der Waals surface area contributed by atoms with Crippen LogP contribution in [-0.2, 0) is 6.42 Å². The van der Waals surface area contributed by atoms with Gasteiger partial charge in [-0.3, -0.25) is 10.4 Å². The molecule has 0 aliphatic carbocycles. The van der Waals surface area contributed by atoms with Crippen LogP contribution in [0.3, 0.4) is 0 Å². The highest BCUT2D eigenvalue weighted by molar-refractivity contribution is 6.31. The molecule has 2 aromatic rings. The lowest BCUT2D eigenvalue weighted by Gasteiger charge is -2.22. The third-order valence-corrected chi connectivity index (χ3v) is 3.38. The van der Waals surface area contributed by atoms with Gasteiger partial charge in [-0.1, -0.05) is 11.6 Å². The first kappa shape index (κ1) is 14.3. The molecule has 0 saturated carbocycles. The summed E-state index contributed by atoms with van der Waals surface area (Å²) < 4.78 is 0. The lowest BCUT2D eigenvalue weighted by Crippen LogP contribution is -2.24. The minimum Gasteiger partial charge on any atom is -0.384 e. The molecule has 0 amide bonds. The van der Waals surface area contributed by atoms with Crippen molar-refractivity contribution >= 4 is 23.1 Å². The molecular weight excluding hydrogens is 272 g/mol. The summed E-state index contributed by atoms with van der Waals surface area (Å²) in [5, 5.41) is 8.28. The number of pyridine rings is 1. The molecular formula is C15H17ClN4. The molecule has 0 radical (unpaired) electrons. The molecule has 20 heavy (non-hydrogen) atoms. The Morgan fingerprint density at radius 1 is 1.30 bits per heavy atom. The predicted molar refractivity (Wildman–Crippen MR) is 83.7 cm³/mol. The minimum atomic E-state index is 0.0485. The van der Waals surface area contributed by atoms with Crippen molar-refractivity contribution in [3.63, 3.8) is 0 Å². The van der Waals surface area contributed by atoms with Gasteiger partial charge in [-0.05, 0) is 42.3 Å². The lowest BCUT2D eigenvalue weighted by atomic mass is 10.1. The maximum Gasteiger partial charge on any atom is 0.124 e. The lowest BCUT2D eigenvalue weighted by molar-refractivity contribution is 0.874. The van der Waals surface area contributed by atoms with E-state index in [1.807, 2.05) is 25.2 Å². The highest BCUT2D eigenvalue weighted by Crippen LogP contribution is 2.24. The van der Waals surface area contributed by atoms with Crippen LogP contribution in [0.15, 0.2) is 42.7 Å². The van der Waals surface area contributed by atoms with Gasteiger partial charge in [-0.15, -0.1) is 0 Å². The molecule has 0 aliphatic rings. The molecule has 3 N–H and O–H groups in total. The van der Waals surface area contributed by atoms with Crippen molar-refractivity contribution in [3.05, 3.63) is 58.9 Å². The van der Waals surface area contributed by atoms with Crippen molar-refractivity contribution < 1.29 is 0 Å². The third kappa shape index (κ3) is 3.48. The summed E-state index contributed by atoms with van der Waals surface area (Å²) in [5.41, 5.74) is 8.41. The van der Waals surface area contributed by atoms with Gasteiger partial charge in [0, 0.05) is 42.3 Å². The summed E-state index contributed by atoms with van der Waals surface area (Å²) in [6, 6.07) is 9.36. The zero-order valence-corrected chi connectivity index (χ0v) is 12.1. The first-order valence-corrected chi connectivity index (χ1v) is 6.69. The Balaban J connectivity index is 2.14. The van der Waals surface area contributed by atoms with E-state index in [2.05, 4.69) is 9.88 Å². The van der Waals surface area contributed by atoms with E-state index in [4.69, 9.17) is 22.7 Å². The molecule has 1 aromatic carbocycles. The second-order valence-electron chi connectivity index (χ2n) is 4.60. The molecule has 0 saturated heterocycles. The molecule has 0 aliphatic heterocycles. The SMILES string of the molecule is CN(CCc1ccncc1)c1cc(Cl)ccc1C(=N)N. The number of benzene rings is 1. The topological polar surface area (TPSA) is 66.0 Å². The molecule has 4 nitrogen and oxygen atoms in total. The fourth-order valence-corrected chi connectivity index (χ4v) is 2.18. The quantitative estimate of drug-likeness (QED) is 0.657. The maximum atomic E-state index is 7.64. The third-order valence-electron chi connectivity index (χ3n) is 3.15. The van der Waals surface area contributed by atoms with Crippen molar-refractivity contribution in [2.45, 2.75) is 6.42 Å². The normalized spacial score (nSPS) is 10.3. The van der Waals surface area contributed by atoms with Gasteiger partial charge >= 0.3 is 0 Å². The van der Waals surface area contributed by atoms with Gasteiger partial charge in [-0.25, -0.2) is 0 Å². The number of nitrogens with one attached hydrogen (secondary N) is 1. The monoisotopic (exact) mass is 288 g/mol. The van der Waals surface area contributed by atoms with E-state index in [1.165, 1.54) is 5.56 Å². The molecule has 0 spiro atoms. The zero-order valence-electron chi connectivity index (χ0n) is 11.3. The standard InChI is InChI=1S/C15H17ClN4/c1-20(9-6-11-4-7-19-8-5-11)14-10-12(16)2-3-13(14)15(17)18/h2-5,7-8,10H,6,9H2,1H3,(H3,17,18). The Bertz CT molecular complexity index is 598. The van der Waals surface area contributed by atoms with Crippen LogP contribution in [0.25, 0.3) is 0 Å². The van der Waals surface area contributed by atoms with Crippen LogP contribution in [0.5, 0.6) is 0 Å². The van der Waals surface area contributed by atoms with Crippen molar-refractivity contribution in [2.75, 3.05) is 18.5 Å². The number of rotatable bonds is 5. The Kier molecular flexibility index (Phi) is 4.58. The molecule has 1 aromatic heterocycles. The smallest absolute Gasteiger partial charge is 0.124 e. The number of anilines is 1. The van der Waals surface area contributed by atoms with Crippen LogP contribution >= 0.6 is 11.6 Å². The summed E-state index contributed by atoms with van der Waals surface area (Å²) in [6.45, 7) is 0.810. The number of nitrogen functional groups attached to an aromatic ring is 1. The molecule has 2 rings (SSSR count). The number of hydrogen-bond donors (Lipinski definition) is 2. The number of halogens is 1. The van der Waals surface area contributed by atoms with Crippen molar-refractivity contribution in [3.8, 4) is 0 Å². The number of amidine groups is 1. The first-order valence-electron chi connectivity index (χ1n) is 6.32. The Labute approximate surface area is 123 Å². The van der Waals surface area contributed by atoms with Crippen LogP contribution in [0.4, 0.5) is 5.69 Å². The van der Waals surface area contributed by atoms with Gasteiger partial charge < -0.3 is 10.6 Å². The van der Waals surface area contributed by atoms with E-state index < -0.39 is 0 Å². The summed E-state index contributed by atoms with van der Waals surface area (Å²) in [7, 11) is 1.97. The van der Waals surface area contributed by atoms with Crippen LogP contribution < -0.4 is 10.6 Å².